The van der Waals surface area contributed by atoms with Gasteiger partial charge in [-0.1, -0.05) is 26.2 Å². The highest BCUT2D eigenvalue weighted by molar-refractivity contribution is 4.93. The fraction of sp³-hybridized carbons (Fsp3) is 0.846. The highest BCUT2D eigenvalue weighted by Crippen LogP contribution is 2.20. The Labute approximate surface area is 104 Å². The lowest BCUT2D eigenvalue weighted by molar-refractivity contribution is 0.0452. The zero-order valence-electron chi connectivity index (χ0n) is 11.5. The van der Waals surface area contributed by atoms with E-state index in [4.69, 9.17) is 0 Å². The van der Waals surface area contributed by atoms with E-state index in [2.05, 4.69) is 30.9 Å². The van der Waals surface area contributed by atoms with Crippen LogP contribution in [0.2, 0.25) is 0 Å². The number of rotatable bonds is 7. The summed E-state index contributed by atoms with van der Waals surface area (Å²) in [6, 6.07) is 0.291. The van der Waals surface area contributed by atoms with Crippen LogP contribution < -0.4 is 0 Å². The molecule has 0 spiro atoms. The minimum absolute atomic E-state index is 0.291. The van der Waals surface area contributed by atoms with Gasteiger partial charge in [0.15, 0.2) is 0 Å². The van der Waals surface area contributed by atoms with Gasteiger partial charge in [-0.25, -0.2) is 9.67 Å². The molecule has 1 N–H and O–H groups in total. The molecule has 0 bridgehead atoms. The second-order valence-electron chi connectivity index (χ2n) is 5.35. The van der Waals surface area contributed by atoms with E-state index in [0.717, 1.165) is 18.7 Å². The smallest absolute Gasteiger partial charge is 0.138 e. The second kappa shape index (κ2) is 6.15. The zero-order chi connectivity index (χ0) is 12.9. The lowest BCUT2D eigenvalue weighted by Crippen LogP contribution is -2.29. The number of hydrogen-bond acceptors (Lipinski definition) is 3. The maximum atomic E-state index is 10.3. The highest BCUT2D eigenvalue weighted by Gasteiger charge is 2.23. The van der Waals surface area contributed by atoms with Gasteiger partial charge in [-0.3, -0.25) is 0 Å². The lowest BCUT2D eigenvalue weighted by Gasteiger charge is -2.23. The Hall–Kier alpha value is -0.900. The molecular formula is C13H25N3O. The van der Waals surface area contributed by atoms with Crippen molar-refractivity contribution in [3.63, 3.8) is 0 Å². The largest absolute Gasteiger partial charge is 0.390 e. The monoisotopic (exact) mass is 239 g/mol. The predicted molar refractivity (Wildman–Crippen MR) is 68.9 cm³/mol. The summed E-state index contributed by atoms with van der Waals surface area (Å²) in [7, 11) is 0. The van der Waals surface area contributed by atoms with Crippen molar-refractivity contribution in [2.45, 2.75) is 71.4 Å². The van der Waals surface area contributed by atoms with Gasteiger partial charge >= 0.3 is 0 Å². The first kappa shape index (κ1) is 14.2. The minimum atomic E-state index is -0.672. The van der Waals surface area contributed by atoms with Crippen molar-refractivity contribution in [3.8, 4) is 0 Å². The van der Waals surface area contributed by atoms with Crippen LogP contribution in [0.1, 0.15) is 65.2 Å². The van der Waals surface area contributed by atoms with Crippen LogP contribution in [0.4, 0.5) is 0 Å². The van der Waals surface area contributed by atoms with E-state index in [-0.39, 0.29) is 0 Å². The van der Waals surface area contributed by atoms with Gasteiger partial charge in [0.05, 0.1) is 5.60 Å². The molecule has 0 fully saturated rings. The van der Waals surface area contributed by atoms with E-state index in [1.807, 2.05) is 11.6 Å². The topological polar surface area (TPSA) is 50.9 Å². The van der Waals surface area contributed by atoms with Crippen molar-refractivity contribution in [2.75, 3.05) is 0 Å². The molecule has 4 nitrogen and oxygen atoms in total. The Balaban J connectivity index is 2.59. The normalized spacial score (nSPS) is 15.2. The Morgan fingerprint density at radius 2 is 2.12 bits per heavy atom. The van der Waals surface area contributed by atoms with Crippen molar-refractivity contribution in [1.29, 1.82) is 0 Å². The van der Waals surface area contributed by atoms with Gasteiger partial charge in [0.1, 0.15) is 12.2 Å². The molecule has 17 heavy (non-hydrogen) atoms. The van der Waals surface area contributed by atoms with Crippen molar-refractivity contribution >= 4 is 0 Å². The third kappa shape index (κ3) is 4.46. The zero-order valence-corrected chi connectivity index (χ0v) is 11.5. The van der Waals surface area contributed by atoms with Crippen LogP contribution in [-0.4, -0.2) is 25.5 Å². The molecule has 0 saturated heterocycles. The molecule has 98 valence electrons. The van der Waals surface area contributed by atoms with Crippen LogP contribution in [0.3, 0.4) is 0 Å². The quantitative estimate of drug-likeness (QED) is 0.744. The van der Waals surface area contributed by atoms with Crippen LogP contribution in [0.15, 0.2) is 6.33 Å². The average molecular weight is 239 g/mol. The van der Waals surface area contributed by atoms with Crippen LogP contribution in [0.25, 0.3) is 0 Å². The van der Waals surface area contributed by atoms with Gasteiger partial charge in [-0.15, -0.1) is 0 Å². The summed E-state index contributed by atoms with van der Waals surface area (Å²) >= 11 is 0. The number of aromatic nitrogens is 3. The molecule has 0 radical (unpaired) electrons. The van der Waals surface area contributed by atoms with Crippen LogP contribution in [-0.2, 0) is 6.42 Å². The number of unbranched alkanes of at least 4 members (excludes halogenated alkanes) is 2. The van der Waals surface area contributed by atoms with E-state index in [9.17, 15) is 5.11 Å². The molecule has 1 heterocycles. The molecule has 1 aromatic heterocycles. The maximum Gasteiger partial charge on any atom is 0.138 e. The van der Waals surface area contributed by atoms with Crippen LogP contribution in [0.5, 0.6) is 0 Å². The molecule has 1 aromatic rings. The molecular weight excluding hydrogens is 214 g/mol. The van der Waals surface area contributed by atoms with Gasteiger partial charge in [0.2, 0.25) is 0 Å². The SMILES string of the molecule is CCCCCC(C)(O)Cc1ncnn1C(C)C. The fourth-order valence-electron chi connectivity index (χ4n) is 2.02. The van der Waals surface area contributed by atoms with Gasteiger partial charge in [-0.2, -0.15) is 5.10 Å². The van der Waals surface area contributed by atoms with Crippen molar-refractivity contribution in [2.24, 2.45) is 0 Å². The van der Waals surface area contributed by atoms with E-state index < -0.39 is 5.60 Å². The highest BCUT2D eigenvalue weighted by atomic mass is 16.3. The standard InChI is InChI=1S/C13H25N3O/c1-5-6-7-8-13(4,17)9-12-14-10-15-16(12)11(2)3/h10-11,17H,5-9H2,1-4H3. The summed E-state index contributed by atoms with van der Waals surface area (Å²) in [4.78, 5) is 4.24. The number of hydrogen-bond donors (Lipinski definition) is 1. The number of aliphatic hydroxyl groups is 1. The average Bonchev–Trinajstić information content (AvgIpc) is 2.65. The first-order valence-electron chi connectivity index (χ1n) is 6.57. The summed E-state index contributed by atoms with van der Waals surface area (Å²) in [5.41, 5.74) is -0.672. The third-order valence-electron chi connectivity index (χ3n) is 2.99. The summed E-state index contributed by atoms with van der Waals surface area (Å²) in [5, 5.41) is 14.5. The molecule has 0 aliphatic carbocycles. The maximum absolute atomic E-state index is 10.3. The second-order valence-corrected chi connectivity index (χ2v) is 5.35. The molecule has 0 aliphatic rings. The Morgan fingerprint density at radius 3 is 2.71 bits per heavy atom. The summed E-state index contributed by atoms with van der Waals surface area (Å²) in [6.07, 6.45) is 6.39. The van der Waals surface area contributed by atoms with Crippen LogP contribution >= 0.6 is 0 Å². The molecule has 0 amide bonds. The summed E-state index contributed by atoms with van der Waals surface area (Å²) in [6.45, 7) is 8.21. The van der Waals surface area contributed by atoms with E-state index in [1.54, 1.807) is 6.33 Å². The molecule has 0 saturated carbocycles. The fourth-order valence-corrected chi connectivity index (χ4v) is 2.02. The van der Waals surface area contributed by atoms with Crippen molar-refractivity contribution in [1.82, 2.24) is 14.8 Å². The molecule has 1 unspecified atom stereocenters. The van der Waals surface area contributed by atoms with Crippen LogP contribution in [0, 0.1) is 0 Å². The molecule has 0 aromatic carbocycles. The van der Waals surface area contributed by atoms with E-state index in [1.165, 1.54) is 12.8 Å². The first-order valence-corrected chi connectivity index (χ1v) is 6.57. The Kier molecular flexibility index (Phi) is 5.12. The van der Waals surface area contributed by atoms with Crippen molar-refractivity contribution in [3.05, 3.63) is 12.2 Å². The summed E-state index contributed by atoms with van der Waals surface area (Å²) in [5.74, 6) is 0.876. The predicted octanol–water partition coefficient (Wildman–Crippen LogP) is 2.73. The van der Waals surface area contributed by atoms with Gasteiger partial charge in [0.25, 0.3) is 0 Å². The van der Waals surface area contributed by atoms with E-state index >= 15 is 0 Å². The van der Waals surface area contributed by atoms with Crippen molar-refractivity contribution < 1.29 is 5.11 Å². The summed E-state index contributed by atoms with van der Waals surface area (Å²) < 4.78 is 1.88. The Bertz CT molecular complexity index is 331. The Morgan fingerprint density at radius 1 is 1.41 bits per heavy atom. The molecule has 1 rings (SSSR count). The van der Waals surface area contributed by atoms with E-state index in [0.29, 0.717) is 12.5 Å². The van der Waals surface area contributed by atoms with Gasteiger partial charge in [0, 0.05) is 12.5 Å². The number of nitrogens with zero attached hydrogens (tertiary/aromatic N) is 3. The molecule has 1 atom stereocenters. The van der Waals surface area contributed by atoms with Gasteiger partial charge in [-0.05, 0) is 27.2 Å². The molecule has 0 aliphatic heterocycles. The minimum Gasteiger partial charge on any atom is -0.390 e. The first-order chi connectivity index (χ1) is 7.96. The van der Waals surface area contributed by atoms with Gasteiger partial charge < -0.3 is 5.11 Å². The third-order valence-corrected chi connectivity index (χ3v) is 2.99. The lowest BCUT2D eigenvalue weighted by atomic mass is 9.94. The molecule has 4 heteroatoms.